The van der Waals surface area contributed by atoms with Gasteiger partial charge in [0.25, 0.3) is 9.84 Å². The van der Waals surface area contributed by atoms with Gasteiger partial charge in [0.15, 0.2) is 0 Å². The van der Waals surface area contributed by atoms with Gasteiger partial charge in [-0.15, -0.1) is 0 Å². The molecule has 0 heterocycles. The number of alkyl halides is 3. The Labute approximate surface area is 99.0 Å². The topological polar surface area (TPSA) is 95.2 Å². The lowest BCUT2D eigenvalue weighted by Crippen LogP contribution is -2.25. The molecular weight excluding hydrogens is 275 g/mol. The lowest BCUT2D eigenvalue weighted by molar-refractivity contribution is -0.0436. The van der Waals surface area contributed by atoms with Crippen LogP contribution in [-0.4, -0.2) is 25.0 Å². The van der Waals surface area contributed by atoms with E-state index < -0.39 is 31.8 Å². The number of carboxylic acid groups (broad SMARTS) is 1. The molecule has 0 amide bonds. The van der Waals surface area contributed by atoms with E-state index in [1.807, 2.05) is 0 Å². The molecular formula is C9H4F3NO4S. The highest BCUT2D eigenvalue weighted by molar-refractivity contribution is 7.92. The molecule has 0 fully saturated rings. The number of sulfone groups is 1. The van der Waals surface area contributed by atoms with E-state index in [0.29, 0.717) is 12.1 Å². The van der Waals surface area contributed by atoms with E-state index >= 15 is 0 Å². The first-order valence-corrected chi connectivity index (χ1v) is 5.68. The molecule has 96 valence electrons. The number of hydrogen-bond donors (Lipinski definition) is 1. The first-order chi connectivity index (χ1) is 8.11. The van der Waals surface area contributed by atoms with Crippen molar-refractivity contribution in [3.63, 3.8) is 0 Å². The number of aromatic carboxylic acids is 1. The number of nitrogens with zero attached hydrogens (tertiary/aromatic N) is 1. The second-order valence-electron chi connectivity index (χ2n) is 3.08. The largest absolute Gasteiger partial charge is 0.501 e. The number of nitriles is 1. The third-order valence-corrected chi connectivity index (χ3v) is 3.48. The van der Waals surface area contributed by atoms with E-state index in [4.69, 9.17) is 10.4 Å². The van der Waals surface area contributed by atoms with Gasteiger partial charge < -0.3 is 5.11 Å². The smallest absolute Gasteiger partial charge is 0.478 e. The van der Waals surface area contributed by atoms with Crippen LogP contribution in [0.3, 0.4) is 0 Å². The van der Waals surface area contributed by atoms with Crippen molar-refractivity contribution in [1.29, 1.82) is 5.26 Å². The fourth-order valence-electron chi connectivity index (χ4n) is 1.13. The Balaban J connectivity index is 3.63. The van der Waals surface area contributed by atoms with Crippen LogP contribution in [0.25, 0.3) is 0 Å². The first-order valence-electron chi connectivity index (χ1n) is 4.20. The highest BCUT2D eigenvalue weighted by Crippen LogP contribution is 2.32. The molecule has 0 aromatic heterocycles. The van der Waals surface area contributed by atoms with Crippen molar-refractivity contribution in [2.24, 2.45) is 0 Å². The van der Waals surface area contributed by atoms with Gasteiger partial charge in [0.05, 0.1) is 22.1 Å². The number of halogens is 3. The highest BCUT2D eigenvalue weighted by Gasteiger charge is 2.48. The minimum Gasteiger partial charge on any atom is -0.478 e. The molecule has 0 saturated heterocycles. The monoisotopic (exact) mass is 279 g/mol. The Bertz CT molecular complexity index is 643. The van der Waals surface area contributed by atoms with Gasteiger partial charge in [0.2, 0.25) is 0 Å². The summed E-state index contributed by atoms with van der Waals surface area (Å²) in [6, 6.07) is 3.32. The van der Waals surface area contributed by atoms with Gasteiger partial charge in [-0.2, -0.15) is 18.4 Å². The van der Waals surface area contributed by atoms with Crippen molar-refractivity contribution in [2.75, 3.05) is 0 Å². The summed E-state index contributed by atoms with van der Waals surface area (Å²) < 4.78 is 59.1. The van der Waals surface area contributed by atoms with Crippen LogP contribution >= 0.6 is 0 Å². The van der Waals surface area contributed by atoms with Crippen LogP contribution in [0, 0.1) is 11.3 Å². The minimum absolute atomic E-state index is 0.256. The molecule has 1 N–H and O–H groups in total. The molecule has 1 rings (SSSR count). The van der Waals surface area contributed by atoms with Gasteiger partial charge in [0, 0.05) is 0 Å². The van der Waals surface area contributed by atoms with Crippen LogP contribution < -0.4 is 0 Å². The molecule has 0 bridgehead atoms. The SMILES string of the molecule is N#Cc1ccc(S(=O)(=O)C(F)(F)F)c(C(=O)O)c1. The Morgan fingerprint density at radius 1 is 1.33 bits per heavy atom. The molecule has 0 saturated carbocycles. The van der Waals surface area contributed by atoms with E-state index in [9.17, 15) is 26.4 Å². The van der Waals surface area contributed by atoms with Crippen LogP contribution in [0.2, 0.25) is 0 Å². The second-order valence-corrected chi connectivity index (χ2v) is 4.99. The quantitative estimate of drug-likeness (QED) is 0.886. The second kappa shape index (κ2) is 4.30. The van der Waals surface area contributed by atoms with Gasteiger partial charge >= 0.3 is 11.5 Å². The number of rotatable bonds is 2. The van der Waals surface area contributed by atoms with Crippen LogP contribution in [0.5, 0.6) is 0 Å². The molecule has 0 aliphatic rings. The molecule has 0 atom stereocenters. The van der Waals surface area contributed by atoms with Crippen LogP contribution in [-0.2, 0) is 9.84 Å². The predicted octanol–water partition coefficient (Wildman–Crippen LogP) is 1.55. The molecule has 0 radical (unpaired) electrons. The van der Waals surface area contributed by atoms with Crippen molar-refractivity contribution < 1.29 is 31.5 Å². The summed E-state index contributed by atoms with van der Waals surface area (Å²) >= 11 is 0. The van der Waals surface area contributed by atoms with E-state index in [2.05, 4.69) is 0 Å². The Morgan fingerprint density at radius 2 is 1.89 bits per heavy atom. The summed E-state index contributed by atoms with van der Waals surface area (Å²) in [7, 11) is -5.77. The third kappa shape index (κ3) is 2.28. The van der Waals surface area contributed by atoms with Crippen molar-refractivity contribution >= 4 is 15.8 Å². The molecule has 1 aromatic carbocycles. The summed E-state index contributed by atoms with van der Waals surface area (Å²) in [5.41, 5.74) is -6.95. The normalized spacial score (nSPS) is 11.9. The molecule has 0 aliphatic carbocycles. The summed E-state index contributed by atoms with van der Waals surface area (Å²) in [6.07, 6.45) is 0. The van der Waals surface area contributed by atoms with Gasteiger partial charge in [-0.05, 0) is 18.2 Å². The molecule has 9 heteroatoms. The summed E-state index contributed by atoms with van der Waals surface area (Å²) in [5, 5.41) is 17.2. The fraction of sp³-hybridized carbons (Fsp3) is 0.111. The number of carbonyl (C=O) groups is 1. The predicted molar refractivity (Wildman–Crippen MR) is 51.4 cm³/mol. The maximum Gasteiger partial charge on any atom is 0.501 e. The standard InChI is InChI=1S/C9H4F3NO4S/c10-9(11,12)18(16,17)7-2-1-5(4-13)3-6(7)8(14)15/h1-3H,(H,14,15). The Kier molecular flexibility index (Phi) is 3.34. The lowest BCUT2D eigenvalue weighted by Gasteiger charge is -2.10. The first kappa shape index (κ1) is 14.0. The van der Waals surface area contributed by atoms with E-state index in [1.54, 1.807) is 0 Å². The van der Waals surface area contributed by atoms with Crippen molar-refractivity contribution in [2.45, 2.75) is 10.4 Å². The molecule has 0 aliphatic heterocycles. The van der Waals surface area contributed by atoms with Gasteiger partial charge in [-0.25, -0.2) is 13.2 Å². The van der Waals surface area contributed by atoms with Gasteiger partial charge in [0.1, 0.15) is 0 Å². The van der Waals surface area contributed by atoms with E-state index in [0.717, 1.165) is 6.07 Å². The molecule has 0 unspecified atom stereocenters. The molecule has 5 nitrogen and oxygen atoms in total. The Morgan fingerprint density at radius 3 is 2.28 bits per heavy atom. The maximum atomic E-state index is 12.3. The van der Waals surface area contributed by atoms with Gasteiger partial charge in [-0.1, -0.05) is 0 Å². The van der Waals surface area contributed by atoms with Crippen LogP contribution in [0.15, 0.2) is 23.1 Å². The molecule has 18 heavy (non-hydrogen) atoms. The zero-order valence-corrected chi connectivity index (χ0v) is 9.21. The van der Waals surface area contributed by atoms with Gasteiger partial charge in [-0.3, -0.25) is 0 Å². The highest BCUT2D eigenvalue weighted by atomic mass is 32.2. The number of benzene rings is 1. The molecule has 0 spiro atoms. The zero-order chi connectivity index (χ0) is 14.1. The Hall–Kier alpha value is -2.08. The van der Waals surface area contributed by atoms with E-state index in [-0.39, 0.29) is 5.56 Å². The number of hydrogen-bond acceptors (Lipinski definition) is 4. The van der Waals surface area contributed by atoms with Crippen LogP contribution in [0.4, 0.5) is 13.2 Å². The zero-order valence-electron chi connectivity index (χ0n) is 8.39. The minimum atomic E-state index is -5.77. The number of carboxylic acids is 1. The molecule has 1 aromatic rings. The fourth-order valence-corrected chi connectivity index (χ4v) is 2.06. The summed E-state index contributed by atoms with van der Waals surface area (Å²) in [6.45, 7) is 0. The van der Waals surface area contributed by atoms with Crippen molar-refractivity contribution in [3.8, 4) is 6.07 Å². The van der Waals surface area contributed by atoms with E-state index in [1.165, 1.54) is 6.07 Å². The third-order valence-electron chi connectivity index (χ3n) is 1.93. The lowest BCUT2D eigenvalue weighted by atomic mass is 10.1. The average molecular weight is 279 g/mol. The van der Waals surface area contributed by atoms with Crippen molar-refractivity contribution in [1.82, 2.24) is 0 Å². The maximum absolute atomic E-state index is 12.3. The van der Waals surface area contributed by atoms with Crippen molar-refractivity contribution in [3.05, 3.63) is 29.3 Å². The van der Waals surface area contributed by atoms with Crippen LogP contribution in [0.1, 0.15) is 15.9 Å². The summed E-state index contributed by atoms with van der Waals surface area (Å²) in [4.78, 5) is 9.33. The average Bonchev–Trinajstić information content (AvgIpc) is 2.26. The summed E-state index contributed by atoms with van der Waals surface area (Å²) in [5.74, 6) is -1.87.